The Morgan fingerprint density at radius 1 is 1.39 bits per heavy atom. The van der Waals surface area contributed by atoms with Crippen molar-refractivity contribution in [3.05, 3.63) is 40.3 Å². The molecule has 0 saturated carbocycles. The van der Waals surface area contributed by atoms with Crippen molar-refractivity contribution in [1.29, 1.82) is 0 Å². The molecule has 0 amide bonds. The van der Waals surface area contributed by atoms with Crippen molar-refractivity contribution in [2.45, 2.75) is 20.0 Å². The van der Waals surface area contributed by atoms with Gasteiger partial charge in [0.05, 0.1) is 18.4 Å². The molecule has 18 heavy (non-hydrogen) atoms. The van der Waals surface area contributed by atoms with Crippen molar-refractivity contribution in [1.82, 2.24) is 18.9 Å². The molecule has 96 valence electrons. The molecule has 7 heteroatoms. The van der Waals surface area contributed by atoms with Crippen molar-refractivity contribution < 1.29 is 9.90 Å². The van der Waals surface area contributed by atoms with Crippen LogP contribution in [0.4, 0.5) is 0 Å². The van der Waals surface area contributed by atoms with Crippen LogP contribution in [0.15, 0.2) is 23.4 Å². The number of aromatic carboxylic acids is 1. The van der Waals surface area contributed by atoms with E-state index >= 15 is 0 Å². The van der Waals surface area contributed by atoms with Gasteiger partial charge in [0.25, 0.3) is 0 Å². The highest BCUT2D eigenvalue weighted by Gasteiger charge is 2.16. The van der Waals surface area contributed by atoms with Crippen molar-refractivity contribution in [3.8, 4) is 0 Å². The number of hydrogen-bond acceptors (Lipinski definition) is 3. The molecule has 0 spiro atoms. The lowest BCUT2D eigenvalue weighted by atomic mass is 10.2. The first-order chi connectivity index (χ1) is 8.54. The van der Waals surface area contributed by atoms with E-state index in [2.05, 4.69) is 5.10 Å². The van der Waals surface area contributed by atoms with E-state index in [9.17, 15) is 9.59 Å². The standard InChI is InChI=1S/C11H14N4O3/c1-3-14-4-5-15(11(14)18)7-9-8(10(16)17)6-12-13(9)2/h4-6H,3,7H2,1-2H3,(H,16,17). The van der Waals surface area contributed by atoms with Crippen LogP contribution in [0.25, 0.3) is 0 Å². The number of aromatic nitrogens is 4. The number of hydrogen-bond donors (Lipinski definition) is 1. The van der Waals surface area contributed by atoms with Crippen LogP contribution in [-0.4, -0.2) is 30.0 Å². The second-order valence-electron chi connectivity index (χ2n) is 3.93. The van der Waals surface area contributed by atoms with E-state index in [1.54, 1.807) is 24.0 Å². The molecule has 0 saturated heterocycles. The molecule has 0 aromatic carbocycles. The molecular weight excluding hydrogens is 236 g/mol. The zero-order valence-corrected chi connectivity index (χ0v) is 10.2. The Kier molecular flexibility index (Phi) is 3.05. The Bertz CT molecular complexity index is 635. The number of aryl methyl sites for hydroxylation is 2. The molecular formula is C11H14N4O3. The predicted molar refractivity (Wildman–Crippen MR) is 63.6 cm³/mol. The third kappa shape index (κ3) is 1.94. The summed E-state index contributed by atoms with van der Waals surface area (Å²) in [5, 5.41) is 12.9. The van der Waals surface area contributed by atoms with Gasteiger partial charge < -0.3 is 5.11 Å². The Labute approximate surface area is 103 Å². The van der Waals surface area contributed by atoms with E-state index in [1.165, 1.54) is 15.4 Å². The second kappa shape index (κ2) is 4.52. The first-order valence-electron chi connectivity index (χ1n) is 5.54. The third-order valence-electron chi connectivity index (χ3n) is 2.87. The summed E-state index contributed by atoms with van der Waals surface area (Å²) in [6.45, 7) is 2.66. The molecule has 0 aliphatic heterocycles. The van der Waals surface area contributed by atoms with Crippen molar-refractivity contribution in [2.24, 2.45) is 7.05 Å². The zero-order chi connectivity index (χ0) is 13.3. The van der Waals surface area contributed by atoms with Gasteiger partial charge in [-0.15, -0.1) is 0 Å². The lowest BCUT2D eigenvalue weighted by Crippen LogP contribution is -2.25. The molecule has 7 nitrogen and oxygen atoms in total. The molecule has 1 N–H and O–H groups in total. The Morgan fingerprint density at radius 2 is 2.06 bits per heavy atom. The van der Waals surface area contributed by atoms with Crippen molar-refractivity contribution in [2.75, 3.05) is 0 Å². The van der Waals surface area contributed by atoms with Gasteiger partial charge in [0, 0.05) is 26.0 Å². The number of nitrogens with zero attached hydrogens (tertiary/aromatic N) is 4. The summed E-state index contributed by atoms with van der Waals surface area (Å²) < 4.78 is 4.49. The van der Waals surface area contributed by atoms with Gasteiger partial charge in [-0.2, -0.15) is 5.10 Å². The molecule has 0 aliphatic rings. The summed E-state index contributed by atoms with van der Waals surface area (Å²) in [5.41, 5.74) is 0.460. The van der Waals surface area contributed by atoms with Gasteiger partial charge in [-0.1, -0.05) is 0 Å². The molecule has 2 aromatic heterocycles. The highest BCUT2D eigenvalue weighted by Crippen LogP contribution is 2.08. The van der Waals surface area contributed by atoms with Crippen LogP contribution in [-0.2, 0) is 20.1 Å². The number of imidazole rings is 1. The topological polar surface area (TPSA) is 82.0 Å². The normalized spacial score (nSPS) is 10.8. The minimum absolute atomic E-state index is 0.119. The maximum Gasteiger partial charge on any atom is 0.339 e. The zero-order valence-electron chi connectivity index (χ0n) is 10.2. The van der Waals surface area contributed by atoms with E-state index in [0.29, 0.717) is 12.2 Å². The predicted octanol–water partition coefficient (Wildman–Crippen LogP) is 0.150. The monoisotopic (exact) mass is 250 g/mol. The average molecular weight is 250 g/mol. The Balaban J connectivity index is 2.40. The molecule has 0 radical (unpaired) electrons. The van der Waals surface area contributed by atoms with Crippen molar-refractivity contribution >= 4 is 5.97 Å². The van der Waals surface area contributed by atoms with E-state index in [1.807, 2.05) is 6.92 Å². The maximum atomic E-state index is 11.9. The summed E-state index contributed by atoms with van der Waals surface area (Å²) >= 11 is 0. The number of carboxylic acid groups (broad SMARTS) is 1. The van der Waals surface area contributed by atoms with Gasteiger partial charge in [-0.25, -0.2) is 9.59 Å². The van der Waals surface area contributed by atoms with E-state index in [0.717, 1.165) is 0 Å². The van der Waals surface area contributed by atoms with Crippen LogP contribution in [0.2, 0.25) is 0 Å². The van der Waals surface area contributed by atoms with Gasteiger partial charge in [0.2, 0.25) is 0 Å². The minimum Gasteiger partial charge on any atom is -0.478 e. The number of rotatable bonds is 4. The van der Waals surface area contributed by atoms with Gasteiger partial charge in [-0.05, 0) is 6.92 Å². The summed E-state index contributed by atoms with van der Waals surface area (Å²) in [4.78, 5) is 22.9. The summed E-state index contributed by atoms with van der Waals surface area (Å²) in [7, 11) is 1.66. The van der Waals surface area contributed by atoms with Gasteiger partial charge in [0.1, 0.15) is 5.56 Å². The fraction of sp³-hybridized carbons (Fsp3) is 0.364. The first-order valence-corrected chi connectivity index (χ1v) is 5.54. The molecule has 0 bridgehead atoms. The number of carboxylic acids is 1. The molecule has 2 rings (SSSR count). The summed E-state index contributed by atoms with van der Waals surface area (Å²) in [5.74, 6) is -1.04. The second-order valence-corrected chi connectivity index (χ2v) is 3.93. The largest absolute Gasteiger partial charge is 0.478 e. The molecule has 2 heterocycles. The van der Waals surface area contributed by atoms with Gasteiger partial charge >= 0.3 is 11.7 Å². The molecule has 0 atom stereocenters. The Hall–Kier alpha value is -2.31. The molecule has 0 fully saturated rings. The van der Waals surface area contributed by atoms with Crippen LogP contribution < -0.4 is 5.69 Å². The summed E-state index contributed by atoms with van der Waals surface area (Å²) in [6, 6.07) is 0. The Morgan fingerprint density at radius 3 is 2.61 bits per heavy atom. The third-order valence-corrected chi connectivity index (χ3v) is 2.87. The smallest absolute Gasteiger partial charge is 0.339 e. The van der Waals surface area contributed by atoms with E-state index in [-0.39, 0.29) is 17.8 Å². The van der Waals surface area contributed by atoms with Gasteiger partial charge in [-0.3, -0.25) is 13.8 Å². The van der Waals surface area contributed by atoms with Crippen LogP contribution >= 0.6 is 0 Å². The minimum atomic E-state index is -1.04. The van der Waals surface area contributed by atoms with Crippen molar-refractivity contribution in [3.63, 3.8) is 0 Å². The van der Waals surface area contributed by atoms with Crippen LogP contribution in [0, 0.1) is 0 Å². The van der Waals surface area contributed by atoms with Crippen LogP contribution in [0.3, 0.4) is 0 Å². The summed E-state index contributed by atoms with van der Waals surface area (Å²) in [6.07, 6.45) is 4.61. The fourth-order valence-electron chi connectivity index (χ4n) is 1.80. The van der Waals surface area contributed by atoms with Crippen LogP contribution in [0.1, 0.15) is 23.0 Å². The van der Waals surface area contributed by atoms with Crippen LogP contribution in [0.5, 0.6) is 0 Å². The van der Waals surface area contributed by atoms with Gasteiger partial charge in [0.15, 0.2) is 0 Å². The highest BCUT2D eigenvalue weighted by atomic mass is 16.4. The quantitative estimate of drug-likeness (QED) is 0.837. The highest BCUT2D eigenvalue weighted by molar-refractivity contribution is 5.88. The SMILES string of the molecule is CCn1ccn(Cc2c(C(=O)O)cnn2C)c1=O. The first kappa shape index (κ1) is 12.2. The molecule has 0 aliphatic carbocycles. The lowest BCUT2D eigenvalue weighted by molar-refractivity contribution is 0.0695. The van der Waals surface area contributed by atoms with E-state index < -0.39 is 5.97 Å². The molecule has 0 unspecified atom stereocenters. The molecule has 2 aromatic rings. The average Bonchev–Trinajstić information content (AvgIpc) is 2.85. The number of carbonyl (C=O) groups is 1. The fourth-order valence-corrected chi connectivity index (χ4v) is 1.80. The van der Waals surface area contributed by atoms with E-state index in [4.69, 9.17) is 5.11 Å². The lowest BCUT2D eigenvalue weighted by Gasteiger charge is -2.04. The maximum absolute atomic E-state index is 11.9.